The molecule has 4 nitrogen and oxygen atoms in total. The number of ether oxygens (including phenoxy) is 1. The van der Waals surface area contributed by atoms with E-state index in [1.165, 1.54) is 6.21 Å². The van der Waals surface area contributed by atoms with Crippen molar-refractivity contribution in [3.05, 3.63) is 58.7 Å². The summed E-state index contributed by atoms with van der Waals surface area (Å²) in [6.07, 6.45) is 1.35. The molecule has 2 aromatic carbocycles. The number of methoxy groups -OCH3 is 1. The molecule has 0 heterocycles. The zero-order valence-corrected chi connectivity index (χ0v) is 13.9. The molecule has 2 aromatic rings. The number of sulfonamides is 1. The van der Waals surface area contributed by atoms with Crippen molar-refractivity contribution in [2.45, 2.75) is 25.7 Å². The topological polar surface area (TPSA) is 55.7 Å². The number of hydrogen-bond acceptors (Lipinski definition) is 3. The predicted molar refractivity (Wildman–Crippen MR) is 88.4 cm³/mol. The summed E-state index contributed by atoms with van der Waals surface area (Å²) in [4.78, 5) is 0.185. The van der Waals surface area contributed by atoms with Gasteiger partial charge in [0.05, 0.1) is 12.0 Å². The monoisotopic (exact) mass is 317 g/mol. The maximum absolute atomic E-state index is 12.2. The zero-order valence-electron chi connectivity index (χ0n) is 13.1. The van der Waals surface area contributed by atoms with E-state index in [0.717, 1.165) is 16.7 Å². The fourth-order valence-electron chi connectivity index (χ4n) is 2.04. The van der Waals surface area contributed by atoms with Crippen molar-refractivity contribution in [2.24, 2.45) is 4.40 Å². The van der Waals surface area contributed by atoms with Crippen molar-refractivity contribution < 1.29 is 13.2 Å². The van der Waals surface area contributed by atoms with Crippen LogP contribution in [0.25, 0.3) is 0 Å². The van der Waals surface area contributed by atoms with Gasteiger partial charge in [0.25, 0.3) is 10.0 Å². The molecule has 0 N–H and O–H groups in total. The van der Waals surface area contributed by atoms with Gasteiger partial charge >= 0.3 is 0 Å². The summed E-state index contributed by atoms with van der Waals surface area (Å²) in [5, 5.41) is 0. The molecule has 0 aliphatic carbocycles. The standard InChI is InChI=1S/C17H19NO3S/c1-12-5-7-16(8-6-12)22(19,20)18-11-15-9-13(2)14(3)17(10-15)21-4/h5-11H,1-4H3/b18-11+. The normalized spacial score (nSPS) is 11.8. The molecule has 0 fully saturated rings. The molecule has 116 valence electrons. The van der Waals surface area contributed by atoms with Gasteiger partial charge in [0.1, 0.15) is 5.75 Å². The predicted octanol–water partition coefficient (Wildman–Crippen LogP) is 3.43. The van der Waals surface area contributed by atoms with Crippen LogP contribution < -0.4 is 4.74 Å². The van der Waals surface area contributed by atoms with E-state index in [1.54, 1.807) is 37.4 Å². The minimum Gasteiger partial charge on any atom is -0.496 e. The lowest BCUT2D eigenvalue weighted by Crippen LogP contribution is -1.99. The lowest BCUT2D eigenvalue weighted by molar-refractivity contribution is 0.411. The highest BCUT2D eigenvalue weighted by Gasteiger charge is 2.11. The molecular formula is C17H19NO3S. The van der Waals surface area contributed by atoms with Gasteiger partial charge in [0.2, 0.25) is 0 Å². The first kappa shape index (κ1) is 16.2. The maximum atomic E-state index is 12.2. The first-order chi connectivity index (χ1) is 10.3. The largest absolute Gasteiger partial charge is 0.496 e. The average Bonchev–Trinajstić information content (AvgIpc) is 2.49. The molecular weight excluding hydrogens is 298 g/mol. The van der Waals surface area contributed by atoms with Crippen molar-refractivity contribution in [1.82, 2.24) is 0 Å². The Morgan fingerprint density at radius 3 is 2.27 bits per heavy atom. The fraction of sp³-hybridized carbons (Fsp3) is 0.235. The van der Waals surface area contributed by atoms with E-state index in [1.807, 2.05) is 26.8 Å². The molecule has 0 atom stereocenters. The van der Waals surface area contributed by atoms with Crippen LogP contribution in [0.5, 0.6) is 5.75 Å². The van der Waals surface area contributed by atoms with Crippen LogP contribution in [0, 0.1) is 20.8 Å². The molecule has 0 bridgehead atoms. The third kappa shape index (κ3) is 3.54. The van der Waals surface area contributed by atoms with E-state index < -0.39 is 10.0 Å². The highest BCUT2D eigenvalue weighted by Crippen LogP contribution is 2.22. The second kappa shape index (κ2) is 6.32. The molecule has 0 saturated heterocycles. The molecule has 5 heteroatoms. The van der Waals surface area contributed by atoms with Crippen LogP contribution in [0.2, 0.25) is 0 Å². The van der Waals surface area contributed by atoms with E-state index in [0.29, 0.717) is 11.3 Å². The van der Waals surface area contributed by atoms with Crippen LogP contribution in [-0.4, -0.2) is 21.7 Å². The summed E-state index contributed by atoms with van der Waals surface area (Å²) in [7, 11) is -2.10. The van der Waals surface area contributed by atoms with Crippen LogP contribution in [-0.2, 0) is 10.0 Å². The second-order valence-corrected chi connectivity index (χ2v) is 6.82. The van der Waals surface area contributed by atoms with E-state index in [4.69, 9.17) is 4.74 Å². The minimum absolute atomic E-state index is 0.185. The SMILES string of the molecule is COc1cc(/C=N/S(=O)(=O)c2ccc(C)cc2)cc(C)c1C. The Morgan fingerprint density at radius 2 is 1.68 bits per heavy atom. The zero-order chi connectivity index (χ0) is 16.3. The number of nitrogens with zero attached hydrogens (tertiary/aromatic N) is 1. The van der Waals surface area contributed by atoms with Crippen LogP contribution in [0.15, 0.2) is 45.7 Å². The molecule has 0 saturated carbocycles. The third-order valence-electron chi connectivity index (χ3n) is 3.52. The van der Waals surface area contributed by atoms with Gasteiger partial charge in [-0.15, -0.1) is 0 Å². The van der Waals surface area contributed by atoms with Gasteiger partial charge in [-0.25, -0.2) is 0 Å². The Bertz CT molecular complexity index is 807. The van der Waals surface area contributed by atoms with Gasteiger partial charge in [-0.3, -0.25) is 0 Å². The summed E-state index contributed by atoms with van der Waals surface area (Å²) in [6, 6.07) is 10.3. The van der Waals surface area contributed by atoms with Crippen molar-refractivity contribution >= 4 is 16.2 Å². The van der Waals surface area contributed by atoms with Crippen molar-refractivity contribution in [1.29, 1.82) is 0 Å². The maximum Gasteiger partial charge on any atom is 0.282 e. The average molecular weight is 317 g/mol. The van der Waals surface area contributed by atoms with Gasteiger partial charge < -0.3 is 4.74 Å². The van der Waals surface area contributed by atoms with Crippen molar-refractivity contribution in [3.8, 4) is 5.75 Å². The van der Waals surface area contributed by atoms with E-state index in [9.17, 15) is 8.42 Å². The summed E-state index contributed by atoms with van der Waals surface area (Å²) < 4.78 is 33.4. The molecule has 0 aliphatic rings. The van der Waals surface area contributed by atoms with E-state index in [2.05, 4.69) is 4.40 Å². The van der Waals surface area contributed by atoms with Crippen LogP contribution >= 0.6 is 0 Å². The Balaban J connectivity index is 2.35. The molecule has 0 amide bonds. The van der Waals surface area contributed by atoms with Crippen molar-refractivity contribution in [2.75, 3.05) is 7.11 Å². The number of rotatable bonds is 4. The molecule has 0 aliphatic heterocycles. The lowest BCUT2D eigenvalue weighted by Gasteiger charge is -2.08. The number of aryl methyl sites for hydroxylation is 2. The van der Waals surface area contributed by atoms with Crippen LogP contribution in [0.1, 0.15) is 22.3 Å². The van der Waals surface area contributed by atoms with Crippen LogP contribution in [0.4, 0.5) is 0 Å². The van der Waals surface area contributed by atoms with Gasteiger partial charge in [0, 0.05) is 6.21 Å². The summed E-state index contributed by atoms with van der Waals surface area (Å²) in [5.41, 5.74) is 3.74. The molecule has 0 spiro atoms. The quantitative estimate of drug-likeness (QED) is 0.812. The third-order valence-corrected chi connectivity index (χ3v) is 4.77. The molecule has 0 unspecified atom stereocenters. The highest BCUT2D eigenvalue weighted by atomic mass is 32.2. The summed E-state index contributed by atoms with van der Waals surface area (Å²) in [6.45, 7) is 5.81. The van der Waals surface area contributed by atoms with Gasteiger partial charge in [-0.05, 0) is 61.7 Å². The van der Waals surface area contributed by atoms with Gasteiger partial charge in [0.15, 0.2) is 0 Å². The Hall–Kier alpha value is -2.14. The molecule has 22 heavy (non-hydrogen) atoms. The first-order valence-electron chi connectivity index (χ1n) is 6.86. The van der Waals surface area contributed by atoms with Crippen molar-refractivity contribution in [3.63, 3.8) is 0 Å². The number of benzene rings is 2. The highest BCUT2D eigenvalue weighted by molar-refractivity contribution is 7.90. The smallest absolute Gasteiger partial charge is 0.282 e. The molecule has 0 radical (unpaired) electrons. The Kier molecular flexibility index (Phi) is 4.66. The Labute approximate surface area is 131 Å². The summed E-state index contributed by atoms with van der Waals surface area (Å²) >= 11 is 0. The second-order valence-electron chi connectivity index (χ2n) is 5.19. The van der Waals surface area contributed by atoms with E-state index >= 15 is 0 Å². The molecule has 2 rings (SSSR count). The van der Waals surface area contributed by atoms with Gasteiger partial charge in [-0.2, -0.15) is 12.8 Å². The van der Waals surface area contributed by atoms with Crippen LogP contribution in [0.3, 0.4) is 0 Å². The first-order valence-corrected chi connectivity index (χ1v) is 8.30. The van der Waals surface area contributed by atoms with Gasteiger partial charge in [-0.1, -0.05) is 17.7 Å². The van der Waals surface area contributed by atoms with E-state index in [-0.39, 0.29) is 4.90 Å². The minimum atomic E-state index is -3.69. The fourth-order valence-corrected chi connectivity index (χ4v) is 2.90. The number of hydrogen-bond donors (Lipinski definition) is 0. The summed E-state index contributed by atoms with van der Waals surface area (Å²) in [5.74, 6) is 0.717. The lowest BCUT2D eigenvalue weighted by atomic mass is 10.1. The Morgan fingerprint density at radius 1 is 1.05 bits per heavy atom. The molecule has 0 aromatic heterocycles.